The van der Waals surface area contributed by atoms with E-state index in [2.05, 4.69) is 47.7 Å². The third kappa shape index (κ3) is 6.59. The number of amides is 2. The molecule has 0 fully saturated rings. The van der Waals surface area contributed by atoms with Gasteiger partial charge in [0.2, 0.25) is 0 Å². The highest BCUT2D eigenvalue weighted by Gasteiger charge is 2.13. The van der Waals surface area contributed by atoms with Gasteiger partial charge < -0.3 is 10.1 Å². The summed E-state index contributed by atoms with van der Waals surface area (Å²) >= 11 is 6.60. The molecule has 3 aromatic carbocycles. The Morgan fingerprint density at radius 2 is 1.52 bits per heavy atom. The molecule has 0 aliphatic heterocycles. The lowest BCUT2D eigenvalue weighted by molar-refractivity contribution is -0.136. The Kier molecular flexibility index (Phi) is 7.69. The van der Waals surface area contributed by atoms with Gasteiger partial charge >= 0.3 is 17.8 Å². The monoisotopic (exact) mass is 543 g/mol. The molecular weight excluding hydrogens is 530 g/mol. The fourth-order valence-corrected chi connectivity index (χ4v) is 3.06. The van der Waals surface area contributed by atoms with Crippen molar-refractivity contribution in [3.8, 4) is 5.75 Å². The van der Waals surface area contributed by atoms with Crippen LogP contribution in [-0.2, 0) is 9.59 Å². The third-order valence-corrected chi connectivity index (χ3v) is 5.09. The predicted molar refractivity (Wildman–Crippen MR) is 124 cm³/mol. The Morgan fingerprint density at radius 1 is 0.839 bits per heavy atom. The topological polar surface area (TPSA) is 96.9 Å². The summed E-state index contributed by atoms with van der Waals surface area (Å²) in [4.78, 5) is 35.9. The SMILES string of the molecule is O=C(N/N=C\c1ccc(OC(=O)c2ccccc2Br)cc1)C(=O)Nc1ccc(Br)cc1. The van der Waals surface area contributed by atoms with Crippen LogP contribution in [0, 0.1) is 0 Å². The molecular formula is C22H15Br2N3O4. The Morgan fingerprint density at radius 3 is 2.19 bits per heavy atom. The fraction of sp³-hybridized carbons (Fsp3) is 0. The highest BCUT2D eigenvalue weighted by atomic mass is 79.9. The molecule has 0 atom stereocenters. The van der Waals surface area contributed by atoms with E-state index in [0.717, 1.165) is 4.47 Å². The first-order valence-corrected chi connectivity index (χ1v) is 10.5. The van der Waals surface area contributed by atoms with Crippen LogP contribution in [0.15, 0.2) is 86.8 Å². The van der Waals surface area contributed by atoms with Gasteiger partial charge in [-0.1, -0.05) is 28.1 Å². The van der Waals surface area contributed by atoms with Gasteiger partial charge in [-0.2, -0.15) is 5.10 Å². The number of rotatable bonds is 5. The summed E-state index contributed by atoms with van der Waals surface area (Å²) in [6.07, 6.45) is 1.37. The molecule has 0 spiro atoms. The number of hydrogen-bond acceptors (Lipinski definition) is 5. The summed E-state index contributed by atoms with van der Waals surface area (Å²) < 4.78 is 6.83. The van der Waals surface area contributed by atoms with Crippen LogP contribution >= 0.6 is 31.9 Å². The average molecular weight is 545 g/mol. The number of hydrogen-bond donors (Lipinski definition) is 2. The van der Waals surface area contributed by atoms with Crippen LogP contribution in [0.4, 0.5) is 5.69 Å². The maximum Gasteiger partial charge on any atom is 0.344 e. The van der Waals surface area contributed by atoms with Crippen LogP contribution in [0.5, 0.6) is 5.75 Å². The second-order valence-electron chi connectivity index (χ2n) is 6.10. The predicted octanol–water partition coefficient (Wildman–Crippen LogP) is 4.52. The zero-order valence-corrected chi connectivity index (χ0v) is 19.0. The van der Waals surface area contributed by atoms with E-state index in [4.69, 9.17) is 4.74 Å². The van der Waals surface area contributed by atoms with Crippen molar-refractivity contribution in [1.82, 2.24) is 5.43 Å². The first-order chi connectivity index (χ1) is 14.9. The van der Waals surface area contributed by atoms with Gasteiger partial charge in [0.15, 0.2) is 0 Å². The lowest BCUT2D eigenvalue weighted by Gasteiger charge is -2.06. The largest absolute Gasteiger partial charge is 0.423 e. The molecule has 0 heterocycles. The molecule has 31 heavy (non-hydrogen) atoms. The molecule has 0 saturated carbocycles. The summed E-state index contributed by atoms with van der Waals surface area (Å²) in [5, 5.41) is 6.22. The van der Waals surface area contributed by atoms with Crippen LogP contribution in [-0.4, -0.2) is 24.0 Å². The molecule has 0 aromatic heterocycles. The first-order valence-electron chi connectivity index (χ1n) is 8.89. The Balaban J connectivity index is 1.51. The van der Waals surface area contributed by atoms with Gasteiger partial charge in [-0.3, -0.25) is 9.59 Å². The number of halogens is 2. The van der Waals surface area contributed by atoms with Crippen molar-refractivity contribution in [3.63, 3.8) is 0 Å². The van der Waals surface area contributed by atoms with Gasteiger partial charge in [-0.05, 0) is 82.2 Å². The Hall–Kier alpha value is -3.30. The van der Waals surface area contributed by atoms with Crippen LogP contribution in [0.25, 0.3) is 0 Å². The molecule has 156 valence electrons. The number of carbonyl (C=O) groups is 3. The van der Waals surface area contributed by atoms with Crippen molar-refractivity contribution in [1.29, 1.82) is 0 Å². The van der Waals surface area contributed by atoms with Gasteiger partial charge in [0.1, 0.15) is 5.75 Å². The lowest BCUT2D eigenvalue weighted by atomic mass is 10.2. The molecule has 3 rings (SSSR count). The van der Waals surface area contributed by atoms with E-state index in [9.17, 15) is 14.4 Å². The third-order valence-electron chi connectivity index (χ3n) is 3.87. The molecule has 2 N–H and O–H groups in total. The molecule has 0 aliphatic carbocycles. The van der Waals surface area contributed by atoms with E-state index in [-0.39, 0.29) is 0 Å². The lowest BCUT2D eigenvalue weighted by Crippen LogP contribution is -2.32. The summed E-state index contributed by atoms with van der Waals surface area (Å²) in [6.45, 7) is 0. The highest BCUT2D eigenvalue weighted by Crippen LogP contribution is 2.19. The second kappa shape index (κ2) is 10.6. The molecule has 0 saturated heterocycles. The van der Waals surface area contributed by atoms with Crippen LogP contribution in [0.3, 0.4) is 0 Å². The quantitative estimate of drug-likeness (QED) is 0.162. The van der Waals surface area contributed by atoms with Gasteiger partial charge in [0.05, 0.1) is 11.8 Å². The minimum atomic E-state index is -0.904. The molecule has 3 aromatic rings. The number of anilines is 1. The molecule has 0 bridgehead atoms. The summed E-state index contributed by atoms with van der Waals surface area (Å²) in [5.41, 5.74) is 3.69. The van der Waals surface area contributed by atoms with E-state index in [1.54, 1.807) is 72.8 Å². The van der Waals surface area contributed by atoms with E-state index in [1.165, 1.54) is 6.21 Å². The molecule has 0 unspecified atom stereocenters. The Labute approximate surface area is 194 Å². The number of nitrogens with zero attached hydrogens (tertiary/aromatic N) is 1. The number of benzene rings is 3. The van der Waals surface area contributed by atoms with Crippen molar-refractivity contribution in [2.24, 2.45) is 5.10 Å². The number of hydrazone groups is 1. The molecule has 2 amide bonds. The molecule has 7 nitrogen and oxygen atoms in total. The van der Waals surface area contributed by atoms with Gasteiger partial charge in [0.25, 0.3) is 0 Å². The number of esters is 1. The second-order valence-corrected chi connectivity index (χ2v) is 7.87. The summed E-state index contributed by atoms with van der Waals surface area (Å²) in [5.74, 6) is -1.87. The fourth-order valence-electron chi connectivity index (χ4n) is 2.35. The van der Waals surface area contributed by atoms with Crippen molar-refractivity contribution in [2.45, 2.75) is 0 Å². The van der Waals surface area contributed by atoms with Crippen LogP contribution < -0.4 is 15.5 Å². The average Bonchev–Trinajstić information content (AvgIpc) is 2.76. The smallest absolute Gasteiger partial charge is 0.344 e. The number of ether oxygens (including phenoxy) is 1. The number of carbonyl (C=O) groups excluding carboxylic acids is 3. The normalized spacial score (nSPS) is 10.5. The summed E-state index contributed by atoms with van der Waals surface area (Å²) in [6, 6.07) is 20.2. The zero-order chi connectivity index (χ0) is 22.2. The first kappa shape index (κ1) is 22.4. The van der Waals surface area contributed by atoms with Crippen molar-refractivity contribution < 1.29 is 19.1 Å². The Bertz CT molecular complexity index is 1130. The molecule has 0 radical (unpaired) electrons. The van der Waals surface area contributed by atoms with Crippen molar-refractivity contribution in [2.75, 3.05) is 5.32 Å². The van der Waals surface area contributed by atoms with E-state index >= 15 is 0 Å². The van der Waals surface area contributed by atoms with Gasteiger partial charge in [0, 0.05) is 14.6 Å². The highest BCUT2D eigenvalue weighted by molar-refractivity contribution is 9.10. The zero-order valence-electron chi connectivity index (χ0n) is 15.8. The maximum atomic E-state index is 12.2. The van der Waals surface area contributed by atoms with Crippen molar-refractivity contribution in [3.05, 3.63) is 92.9 Å². The van der Waals surface area contributed by atoms with Crippen molar-refractivity contribution >= 4 is 61.5 Å². The van der Waals surface area contributed by atoms with Gasteiger partial charge in [-0.15, -0.1) is 0 Å². The minimum absolute atomic E-state index is 0.357. The maximum absolute atomic E-state index is 12.2. The van der Waals surface area contributed by atoms with Crippen LogP contribution in [0.2, 0.25) is 0 Å². The minimum Gasteiger partial charge on any atom is -0.423 e. The standard InChI is InChI=1S/C22H15Br2N3O4/c23-15-7-9-16(10-8-15)26-20(28)21(29)27-25-13-14-5-11-17(12-6-14)31-22(30)18-3-1-2-4-19(18)24/h1-13H,(H,26,28)(H,27,29)/b25-13-. The van der Waals surface area contributed by atoms with E-state index in [1.807, 2.05) is 0 Å². The van der Waals surface area contributed by atoms with Gasteiger partial charge in [-0.25, -0.2) is 10.2 Å². The molecule has 9 heteroatoms. The van der Waals surface area contributed by atoms with E-state index < -0.39 is 17.8 Å². The molecule has 0 aliphatic rings. The van der Waals surface area contributed by atoms with Crippen LogP contribution in [0.1, 0.15) is 15.9 Å². The number of nitrogens with one attached hydrogen (secondary N) is 2. The van der Waals surface area contributed by atoms with E-state index in [0.29, 0.717) is 27.0 Å². The summed E-state index contributed by atoms with van der Waals surface area (Å²) in [7, 11) is 0.